The van der Waals surface area contributed by atoms with Crippen LogP contribution in [0, 0.1) is 0 Å². The Labute approximate surface area is 194 Å². The van der Waals surface area contributed by atoms with E-state index in [1.165, 1.54) is 18.7 Å². The number of thioether (sulfide) groups is 1. The molecule has 4 rings (SSSR count). The monoisotopic (exact) mass is 498 g/mol. The number of carbonyl (C=O) groups is 2. The van der Waals surface area contributed by atoms with Gasteiger partial charge in [0.15, 0.2) is 5.82 Å². The standard InChI is InChI=1S/C23H23BrN4O2S/c1-15(29)25-18-5-4-12-28(13-18)21(30)14-31-23-19-6-2-3-7-20(19)26-22(27-23)16-8-10-17(24)11-9-16/h2-3,6-11,18H,4-5,12-14H2,1H3,(H,25,29). The third-order valence-corrected chi connectivity index (χ3v) is 6.69. The zero-order valence-corrected chi connectivity index (χ0v) is 19.6. The number of piperidine rings is 1. The highest BCUT2D eigenvalue weighted by Crippen LogP contribution is 2.29. The van der Waals surface area contributed by atoms with Crippen LogP contribution in [-0.2, 0) is 9.59 Å². The molecule has 1 fully saturated rings. The maximum atomic E-state index is 12.9. The lowest BCUT2D eigenvalue weighted by Crippen LogP contribution is -2.49. The van der Waals surface area contributed by atoms with E-state index in [-0.39, 0.29) is 17.9 Å². The van der Waals surface area contributed by atoms with Gasteiger partial charge in [-0.1, -0.05) is 58.0 Å². The van der Waals surface area contributed by atoms with Crippen LogP contribution in [0.4, 0.5) is 0 Å². The summed E-state index contributed by atoms with van der Waals surface area (Å²) in [6, 6.07) is 15.8. The lowest BCUT2D eigenvalue weighted by Gasteiger charge is -2.33. The van der Waals surface area contributed by atoms with Gasteiger partial charge in [0, 0.05) is 41.5 Å². The lowest BCUT2D eigenvalue weighted by atomic mass is 10.1. The van der Waals surface area contributed by atoms with E-state index in [2.05, 4.69) is 21.2 Å². The van der Waals surface area contributed by atoms with Gasteiger partial charge in [-0.3, -0.25) is 9.59 Å². The summed E-state index contributed by atoms with van der Waals surface area (Å²) in [6.45, 7) is 2.80. The first kappa shape index (κ1) is 21.8. The number of nitrogens with zero attached hydrogens (tertiary/aromatic N) is 3. The predicted octanol–water partition coefficient (Wildman–Crippen LogP) is 4.28. The summed E-state index contributed by atoms with van der Waals surface area (Å²) in [4.78, 5) is 35.6. The first-order valence-electron chi connectivity index (χ1n) is 10.2. The maximum Gasteiger partial charge on any atom is 0.233 e. The SMILES string of the molecule is CC(=O)NC1CCCN(C(=O)CSc2nc(-c3ccc(Br)cc3)nc3ccccc23)C1. The Bertz CT molecular complexity index is 1110. The van der Waals surface area contributed by atoms with Crippen molar-refractivity contribution in [3.05, 3.63) is 53.0 Å². The molecule has 1 atom stereocenters. The Morgan fingerprint density at radius 2 is 1.94 bits per heavy atom. The van der Waals surface area contributed by atoms with E-state index in [1.807, 2.05) is 53.4 Å². The van der Waals surface area contributed by atoms with Crippen LogP contribution in [-0.4, -0.2) is 51.6 Å². The molecular weight excluding hydrogens is 476 g/mol. The quantitative estimate of drug-likeness (QED) is 0.419. The van der Waals surface area contributed by atoms with Gasteiger partial charge >= 0.3 is 0 Å². The van der Waals surface area contributed by atoms with Crippen LogP contribution in [0.1, 0.15) is 19.8 Å². The number of fused-ring (bicyclic) bond motifs is 1. The van der Waals surface area contributed by atoms with Crippen molar-refractivity contribution in [2.24, 2.45) is 0 Å². The van der Waals surface area contributed by atoms with E-state index < -0.39 is 0 Å². The molecule has 6 nitrogen and oxygen atoms in total. The average molecular weight is 499 g/mol. The highest BCUT2D eigenvalue weighted by Gasteiger charge is 2.24. The number of para-hydroxylation sites is 1. The molecule has 1 N–H and O–H groups in total. The fourth-order valence-corrected chi connectivity index (χ4v) is 4.90. The molecule has 1 aliphatic rings. The number of carbonyl (C=O) groups excluding carboxylic acids is 2. The largest absolute Gasteiger partial charge is 0.352 e. The highest BCUT2D eigenvalue weighted by atomic mass is 79.9. The molecule has 160 valence electrons. The molecule has 1 unspecified atom stereocenters. The molecule has 1 saturated heterocycles. The molecule has 1 aromatic heterocycles. The molecule has 0 radical (unpaired) electrons. The van der Waals surface area contributed by atoms with Crippen LogP contribution >= 0.6 is 27.7 Å². The normalized spacial score (nSPS) is 16.3. The Kier molecular flexibility index (Phi) is 6.87. The van der Waals surface area contributed by atoms with Crippen LogP contribution in [0.5, 0.6) is 0 Å². The van der Waals surface area contributed by atoms with Crippen molar-refractivity contribution in [1.29, 1.82) is 0 Å². The molecule has 0 bridgehead atoms. The van der Waals surface area contributed by atoms with E-state index in [0.717, 1.165) is 45.4 Å². The fourth-order valence-electron chi connectivity index (χ4n) is 3.72. The molecule has 2 amide bonds. The van der Waals surface area contributed by atoms with E-state index >= 15 is 0 Å². The Balaban J connectivity index is 1.53. The summed E-state index contributed by atoms with van der Waals surface area (Å²) in [7, 11) is 0. The van der Waals surface area contributed by atoms with Crippen molar-refractivity contribution in [2.45, 2.75) is 30.8 Å². The number of amides is 2. The van der Waals surface area contributed by atoms with Crippen molar-refractivity contribution in [3.63, 3.8) is 0 Å². The van der Waals surface area contributed by atoms with Gasteiger partial charge in [-0.25, -0.2) is 9.97 Å². The van der Waals surface area contributed by atoms with Gasteiger partial charge in [0.2, 0.25) is 11.8 Å². The van der Waals surface area contributed by atoms with Gasteiger partial charge in [-0.15, -0.1) is 0 Å². The van der Waals surface area contributed by atoms with E-state index in [4.69, 9.17) is 9.97 Å². The topological polar surface area (TPSA) is 75.2 Å². The summed E-state index contributed by atoms with van der Waals surface area (Å²) in [5.74, 6) is 0.951. The van der Waals surface area contributed by atoms with Gasteiger partial charge in [0.25, 0.3) is 0 Å². The number of rotatable bonds is 5. The number of hydrogen-bond acceptors (Lipinski definition) is 5. The van der Waals surface area contributed by atoms with Crippen molar-refractivity contribution in [3.8, 4) is 11.4 Å². The summed E-state index contributed by atoms with van der Waals surface area (Å²) < 4.78 is 0.997. The van der Waals surface area contributed by atoms with Gasteiger partial charge in [-0.2, -0.15) is 0 Å². The third-order valence-electron chi connectivity index (χ3n) is 5.18. The molecule has 0 saturated carbocycles. The Morgan fingerprint density at radius 3 is 2.71 bits per heavy atom. The lowest BCUT2D eigenvalue weighted by molar-refractivity contribution is -0.130. The Morgan fingerprint density at radius 1 is 1.16 bits per heavy atom. The highest BCUT2D eigenvalue weighted by molar-refractivity contribution is 9.10. The van der Waals surface area contributed by atoms with E-state index in [9.17, 15) is 9.59 Å². The fraction of sp³-hybridized carbons (Fsp3) is 0.304. The molecular formula is C23H23BrN4O2S. The second-order valence-corrected chi connectivity index (χ2v) is 9.42. The molecule has 1 aliphatic heterocycles. The molecule has 2 aromatic carbocycles. The van der Waals surface area contributed by atoms with Crippen LogP contribution in [0.15, 0.2) is 58.0 Å². The van der Waals surface area contributed by atoms with Crippen LogP contribution in [0.2, 0.25) is 0 Å². The zero-order valence-electron chi connectivity index (χ0n) is 17.2. The number of benzene rings is 2. The Hall–Kier alpha value is -2.45. The summed E-state index contributed by atoms with van der Waals surface area (Å²) >= 11 is 4.90. The minimum absolute atomic E-state index is 0.0316. The van der Waals surface area contributed by atoms with E-state index in [0.29, 0.717) is 18.1 Å². The summed E-state index contributed by atoms with van der Waals surface area (Å²) in [5.41, 5.74) is 1.78. The molecule has 2 heterocycles. The molecule has 3 aromatic rings. The number of aromatic nitrogens is 2. The number of likely N-dealkylation sites (tertiary alicyclic amines) is 1. The maximum absolute atomic E-state index is 12.9. The first-order chi connectivity index (χ1) is 15.0. The summed E-state index contributed by atoms with van der Waals surface area (Å²) in [6.07, 6.45) is 1.80. The minimum atomic E-state index is -0.0541. The molecule has 31 heavy (non-hydrogen) atoms. The van der Waals surface area contributed by atoms with Crippen molar-refractivity contribution >= 4 is 50.4 Å². The van der Waals surface area contributed by atoms with Gasteiger partial charge in [-0.05, 0) is 31.0 Å². The van der Waals surface area contributed by atoms with Crippen molar-refractivity contribution in [2.75, 3.05) is 18.8 Å². The predicted molar refractivity (Wildman–Crippen MR) is 127 cm³/mol. The zero-order chi connectivity index (χ0) is 21.8. The number of hydrogen-bond donors (Lipinski definition) is 1. The van der Waals surface area contributed by atoms with Crippen molar-refractivity contribution in [1.82, 2.24) is 20.2 Å². The second-order valence-electron chi connectivity index (χ2n) is 7.54. The smallest absolute Gasteiger partial charge is 0.233 e. The van der Waals surface area contributed by atoms with Crippen LogP contribution in [0.3, 0.4) is 0 Å². The van der Waals surface area contributed by atoms with Gasteiger partial charge < -0.3 is 10.2 Å². The van der Waals surface area contributed by atoms with Crippen LogP contribution < -0.4 is 5.32 Å². The van der Waals surface area contributed by atoms with Crippen LogP contribution in [0.25, 0.3) is 22.3 Å². The second kappa shape index (κ2) is 9.78. The van der Waals surface area contributed by atoms with E-state index in [1.54, 1.807) is 0 Å². The van der Waals surface area contributed by atoms with Gasteiger partial charge in [0.05, 0.1) is 11.3 Å². The summed E-state index contributed by atoms with van der Waals surface area (Å²) in [5, 5.41) is 4.67. The van der Waals surface area contributed by atoms with Crippen molar-refractivity contribution < 1.29 is 9.59 Å². The molecule has 0 aliphatic carbocycles. The average Bonchev–Trinajstić information content (AvgIpc) is 2.77. The number of nitrogens with one attached hydrogen (secondary N) is 1. The third kappa shape index (κ3) is 5.43. The molecule has 8 heteroatoms. The molecule has 0 spiro atoms. The number of halogens is 1. The van der Waals surface area contributed by atoms with Gasteiger partial charge in [0.1, 0.15) is 5.03 Å². The minimum Gasteiger partial charge on any atom is -0.352 e. The first-order valence-corrected chi connectivity index (χ1v) is 12.0.